The van der Waals surface area contributed by atoms with Gasteiger partial charge in [-0.25, -0.2) is 8.42 Å². The molecule has 0 radical (unpaired) electrons. The third kappa shape index (κ3) is 6.23. The molecule has 0 saturated carbocycles. The van der Waals surface area contributed by atoms with Gasteiger partial charge in [0, 0.05) is 10.7 Å². The minimum Gasteiger partial charge on any atom is -0.497 e. The molecule has 1 atom stereocenters. The van der Waals surface area contributed by atoms with Crippen LogP contribution in [0.5, 0.6) is 5.75 Å². The molecular formula is C19H23ClN2O4S. The summed E-state index contributed by atoms with van der Waals surface area (Å²) in [6, 6.07) is 11.7. The molecule has 2 aromatic carbocycles. The van der Waals surface area contributed by atoms with Crippen molar-refractivity contribution in [2.45, 2.75) is 31.2 Å². The molecule has 2 aromatic rings. The number of hydrogen-bond acceptors (Lipinski definition) is 4. The van der Waals surface area contributed by atoms with E-state index in [0.717, 1.165) is 0 Å². The van der Waals surface area contributed by atoms with Gasteiger partial charge in [0.1, 0.15) is 11.8 Å². The predicted molar refractivity (Wildman–Crippen MR) is 107 cm³/mol. The SMILES string of the molecule is COc1ccc(S(=O)(=O)N[C@@H](CC(C)C)C(=O)Nc2cccc(Cl)c2)cc1. The Balaban J connectivity index is 2.20. The number of nitrogens with one attached hydrogen (secondary N) is 2. The molecule has 0 bridgehead atoms. The number of anilines is 1. The fourth-order valence-corrected chi connectivity index (χ4v) is 3.88. The molecule has 0 saturated heterocycles. The largest absolute Gasteiger partial charge is 0.497 e. The molecule has 0 aliphatic rings. The van der Waals surface area contributed by atoms with Crippen LogP contribution in [0.3, 0.4) is 0 Å². The molecule has 2 rings (SSSR count). The number of methoxy groups -OCH3 is 1. The monoisotopic (exact) mass is 410 g/mol. The summed E-state index contributed by atoms with van der Waals surface area (Å²) in [5.41, 5.74) is 0.505. The van der Waals surface area contributed by atoms with Crippen molar-refractivity contribution in [3.63, 3.8) is 0 Å². The molecular weight excluding hydrogens is 388 g/mol. The Bertz CT molecular complexity index is 883. The Hall–Kier alpha value is -2.09. The number of hydrogen-bond donors (Lipinski definition) is 2. The molecule has 0 spiro atoms. The maximum Gasteiger partial charge on any atom is 0.242 e. The van der Waals surface area contributed by atoms with E-state index in [1.54, 1.807) is 36.4 Å². The van der Waals surface area contributed by atoms with E-state index in [0.29, 0.717) is 22.9 Å². The molecule has 6 nitrogen and oxygen atoms in total. The van der Waals surface area contributed by atoms with E-state index in [1.807, 2.05) is 13.8 Å². The summed E-state index contributed by atoms with van der Waals surface area (Å²) < 4.78 is 32.9. The number of carbonyl (C=O) groups excluding carboxylic acids is 1. The van der Waals surface area contributed by atoms with Gasteiger partial charge in [-0.1, -0.05) is 31.5 Å². The van der Waals surface area contributed by atoms with E-state index < -0.39 is 22.0 Å². The van der Waals surface area contributed by atoms with Crippen LogP contribution in [0.4, 0.5) is 5.69 Å². The molecule has 0 aliphatic heterocycles. The minimum atomic E-state index is -3.87. The zero-order chi connectivity index (χ0) is 20.0. The fourth-order valence-electron chi connectivity index (χ4n) is 2.49. The Kier molecular flexibility index (Phi) is 7.24. The lowest BCUT2D eigenvalue weighted by molar-refractivity contribution is -0.118. The second kappa shape index (κ2) is 9.21. The molecule has 1 amide bonds. The average molecular weight is 411 g/mol. The quantitative estimate of drug-likeness (QED) is 0.695. The minimum absolute atomic E-state index is 0.0626. The highest BCUT2D eigenvalue weighted by molar-refractivity contribution is 7.89. The molecule has 2 N–H and O–H groups in total. The van der Waals surface area contributed by atoms with Gasteiger partial charge in [-0.3, -0.25) is 4.79 Å². The van der Waals surface area contributed by atoms with Crippen molar-refractivity contribution in [1.82, 2.24) is 4.72 Å². The van der Waals surface area contributed by atoms with E-state index in [4.69, 9.17) is 16.3 Å². The molecule has 0 aliphatic carbocycles. The Morgan fingerprint density at radius 3 is 2.37 bits per heavy atom. The van der Waals surface area contributed by atoms with E-state index in [9.17, 15) is 13.2 Å². The van der Waals surface area contributed by atoms with E-state index in [2.05, 4.69) is 10.0 Å². The first-order valence-corrected chi connectivity index (χ1v) is 10.3. The number of halogens is 1. The van der Waals surface area contributed by atoms with Crippen LogP contribution in [-0.2, 0) is 14.8 Å². The van der Waals surface area contributed by atoms with Crippen molar-refractivity contribution in [3.8, 4) is 5.75 Å². The second-order valence-corrected chi connectivity index (χ2v) is 8.63. The highest BCUT2D eigenvalue weighted by atomic mass is 35.5. The fraction of sp³-hybridized carbons (Fsp3) is 0.316. The van der Waals surface area contributed by atoms with Gasteiger partial charge in [0.2, 0.25) is 15.9 Å². The normalized spacial score (nSPS) is 12.6. The summed E-state index contributed by atoms with van der Waals surface area (Å²) in [4.78, 5) is 12.7. The molecule has 0 heterocycles. The van der Waals surface area contributed by atoms with Crippen LogP contribution >= 0.6 is 11.6 Å². The topological polar surface area (TPSA) is 84.5 Å². The molecule has 146 valence electrons. The molecule has 0 unspecified atom stereocenters. The highest BCUT2D eigenvalue weighted by Gasteiger charge is 2.26. The van der Waals surface area contributed by atoms with Crippen molar-refractivity contribution < 1.29 is 17.9 Å². The second-order valence-electron chi connectivity index (χ2n) is 6.48. The number of amides is 1. The smallest absolute Gasteiger partial charge is 0.242 e. The first-order chi connectivity index (χ1) is 12.7. The van der Waals surface area contributed by atoms with Crippen LogP contribution in [0.15, 0.2) is 53.4 Å². The van der Waals surface area contributed by atoms with Crippen LogP contribution in [0.1, 0.15) is 20.3 Å². The first kappa shape index (κ1) is 21.2. The van der Waals surface area contributed by atoms with Gasteiger partial charge in [-0.2, -0.15) is 4.72 Å². The van der Waals surface area contributed by atoms with Crippen molar-refractivity contribution in [2.75, 3.05) is 12.4 Å². The summed E-state index contributed by atoms with van der Waals surface area (Å²) in [6.45, 7) is 3.84. The van der Waals surface area contributed by atoms with Crippen LogP contribution in [0.25, 0.3) is 0 Å². The number of carbonyl (C=O) groups is 1. The van der Waals surface area contributed by atoms with Crippen molar-refractivity contribution >= 4 is 33.2 Å². The summed E-state index contributed by atoms with van der Waals surface area (Å²) in [7, 11) is -2.37. The lowest BCUT2D eigenvalue weighted by Gasteiger charge is -2.20. The van der Waals surface area contributed by atoms with Crippen LogP contribution in [-0.4, -0.2) is 27.5 Å². The lowest BCUT2D eigenvalue weighted by atomic mass is 10.0. The van der Waals surface area contributed by atoms with Crippen LogP contribution < -0.4 is 14.8 Å². The van der Waals surface area contributed by atoms with E-state index in [-0.39, 0.29) is 10.8 Å². The maximum absolute atomic E-state index is 12.7. The molecule has 8 heteroatoms. The summed E-state index contributed by atoms with van der Waals surface area (Å²) >= 11 is 5.93. The summed E-state index contributed by atoms with van der Waals surface area (Å²) in [5.74, 6) is 0.216. The Labute approximate surface area is 164 Å². The van der Waals surface area contributed by atoms with Crippen molar-refractivity contribution in [3.05, 3.63) is 53.6 Å². The van der Waals surface area contributed by atoms with E-state index >= 15 is 0 Å². The third-order valence-corrected chi connectivity index (χ3v) is 5.51. The lowest BCUT2D eigenvalue weighted by Crippen LogP contribution is -2.44. The molecule has 0 fully saturated rings. The maximum atomic E-state index is 12.7. The summed E-state index contributed by atoms with van der Waals surface area (Å²) in [5, 5.41) is 3.19. The standard InChI is InChI=1S/C19H23ClN2O4S/c1-13(2)11-18(19(23)21-15-6-4-5-14(20)12-15)22-27(24,25)17-9-7-16(26-3)8-10-17/h4-10,12-13,18,22H,11H2,1-3H3,(H,21,23)/t18-/m0/s1. The van der Waals surface area contributed by atoms with Crippen LogP contribution in [0, 0.1) is 5.92 Å². The highest BCUT2D eigenvalue weighted by Crippen LogP contribution is 2.19. The third-order valence-electron chi connectivity index (χ3n) is 3.78. The van der Waals surface area contributed by atoms with Gasteiger partial charge in [-0.15, -0.1) is 0 Å². The van der Waals surface area contributed by atoms with Gasteiger partial charge >= 0.3 is 0 Å². The Morgan fingerprint density at radius 2 is 1.81 bits per heavy atom. The average Bonchev–Trinajstić information content (AvgIpc) is 2.60. The van der Waals surface area contributed by atoms with Crippen molar-refractivity contribution in [2.24, 2.45) is 5.92 Å². The van der Waals surface area contributed by atoms with Gasteiger partial charge in [0.15, 0.2) is 0 Å². The molecule has 27 heavy (non-hydrogen) atoms. The van der Waals surface area contributed by atoms with Gasteiger partial charge in [0.05, 0.1) is 12.0 Å². The first-order valence-electron chi connectivity index (χ1n) is 8.44. The van der Waals surface area contributed by atoms with Crippen molar-refractivity contribution in [1.29, 1.82) is 0 Å². The zero-order valence-corrected chi connectivity index (χ0v) is 17.0. The van der Waals surface area contributed by atoms with Gasteiger partial charge < -0.3 is 10.1 Å². The number of rotatable bonds is 8. The van der Waals surface area contributed by atoms with Crippen LogP contribution in [0.2, 0.25) is 5.02 Å². The van der Waals surface area contributed by atoms with Gasteiger partial charge in [-0.05, 0) is 54.8 Å². The number of ether oxygens (including phenoxy) is 1. The Morgan fingerprint density at radius 1 is 1.15 bits per heavy atom. The zero-order valence-electron chi connectivity index (χ0n) is 15.4. The predicted octanol–water partition coefficient (Wildman–Crippen LogP) is 3.68. The molecule has 0 aromatic heterocycles. The number of sulfonamides is 1. The summed E-state index contributed by atoms with van der Waals surface area (Å²) in [6.07, 6.45) is 0.349. The van der Waals surface area contributed by atoms with E-state index in [1.165, 1.54) is 19.2 Å². The van der Waals surface area contributed by atoms with Gasteiger partial charge in [0.25, 0.3) is 0 Å². The number of benzene rings is 2.